The van der Waals surface area contributed by atoms with Crippen molar-refractivity contribution < 1.29 is 4.79 Å². The molecule has 0 spiro atoms. The Kier molecular flexibility index (Phi) is 5.88. The van der Waals surface area contributed by atoms with E-state index in [1.54, 1.807) is 0 Å². The zero-order valence-corrected chi connectivity index (χ0v) is 15.8. The van der Waals surface area contributed by atoms with Gasteiger partial charge in [-0.15, -0.1) is 11.8 Å². The topological polar surface area (TPSA) is 41.1 Å². The Balaban J connectivity index is 1.59. The van der Waals surface area contributed by atoms with E-state index >= 15 is 0 Å². The second kappa shape index (κ2) is 7.92. The van der Waals surface area contributed by atoms with Crippen molar-refractivity contribution in [1.29, 1.82) is 0 Å². The molecule has 3 rings (SSSR count). The Bertz CT molecular complexity index is 551. The Labute approximate surface area is 150 Å². The minimum absolute atomic E-state index is 0.184. The summed E-state index contributed by atoms with van der Waals surface area (Å²) in [6, 6.07) is 9.25. The quantitative estimate of drug-likeness (QED) is 0.849. The molecule has 0 bridgehead atoms. The minimum Gasteiger partial charge on any atom is -0.354 e. The molecule has 0 radical (unpaired) electrons. The van der Waals surface area contributed by atoms with Gasteiger partial charge in [0.15, 0.2) is 0 Å². The molecule has 4 heteroatoms. The monoisotopic (exact) mass is 346 g/mol. The van der Waals surface area contributed by atoms with Crippen LogP contribution in [0.3, 0.4) is 0 Å². The molecule has 2 fully saturated rings. The maximum absolute atomic E-state index is 12.6. The Morgan fingerprint density at radius 3 is 2.67 bits per heavy atom. The summed E-state index contributed by atoms with van der Waals surface area (Å²) in [5, 5.41) is 6.72. The average molecular weight is 347 g/mol. The number of nitrogens with one attached hydrogen (secondary N) is 2. The van der Waals surface area contributed by atoms with Crippen LogP contribution in [0.5, 0.6) is 0 Å². The van der Waals surface area contributed by atoms with Gasteiger partial charge in [0.25, 0.3) is 0 Å². The molecule has 2 aliphatic rings. The summed E-state index contributed by atoms with van der Waals surface area (Å²) in [5.74, 6) is 0.447. The van der Waals surface area contributed by atoms with Crippen LogP contribution in [0, 0.1) is 12.8 Å². The highest BCUT2D eigenvalue weighted by molar-refractivity contribution is 8.00. The summed E-state index contributed by atoms with van der Waals surface area (Å²) in [4.78, 5) is 13.9. The van der Waals surface area contributed by atoms with E-state index in [9.17, 15) is 4.79 Å². The van der Waals surface area contributed by atoms with Crippen molar-refractivity contribution in [2.24, 2.45) is 5.92 Å². The maximum atomic E-state index is 12.6. The lowest BCUT2D eigenvalue weighted by Crippen LogP contribution is -2.45. The predicted molar refractivity (Wildman–Crippen MR) is 101 cm³/mol. The van der Waals surface area contributed by atoms with E-state index in [0.717, 1.165) is 25.9 Å². The fourth-order valence-corrected chi connectivity index (χ4v) is 5.36. The zero-order valence-electron chi connectivity index (χ0n) is 14.9. The van der Waals surface area contributed by atoms with Gasteiger partial charge >= 0.3 is 0 Å². The molecule has 1 amide bonds. The van der Waals surface area contributed by atoms with E-state index in [1.807, 2.05) is 11.8 Å². The van der Waals surface area contributed by atoms with Crippen molar-refractivity contribution in [3.05, 3.63) is 29.8 Å². The van der Waals surface area contributed by atoms with Crippen molar-refractivity contribution in [2.45, 2.75) is 68.1 Å². The molecule has 3 nitrogen and oxygen atoms in total. The summed E-state index contributed by atoms with van der Waals surface area (Å²) in [7, 11) is 0. The molecule has 0 unspecified atom stereocenters. The van der Waals surface area contributed by atoms with Gasteiger partial charge in [-0.25, -0.2) is 0 Å². The van der Waals surface area contributed by atoms with Gasteiger partial charge in [0.2, 0.25) is 5.91 Å². The van der Waals surface area contributed by atoms with Gasteiger partial charge in [0.05, 0.1) is 0 Å². The number of rotatable bonds is 5. The number of carbonyl (C=O) groups excluding carboxylic acids is 1. The third-order valence-electron chi connectivity index (χ3n) is 5.45. The molecule has 1 aromatic rings. The van der Waals surface area contributed by atoms with Crippen LogP contribution in [-0.4, -0.2) is 29.8 Å². The standard InChI is InChI=1S/C20H30N2OS/c1-15-5-7-18(8-6-15)24-20(10-3-4-11-20)14-22-19(23)17-9-12-21-16(2)13-17/h5-8,16-17,21H,3-4,9-14H2,1-2H3,(H,22,23)/t16-,17-/m0/s1. The Morgan fingerprint density at radius 2 is 2.00 bits per heavy atom. The van der Waals surface area contributed by atoms with E-state index in [-0.39, 0.29) is 16.6 Å². The van der Waals surface area contributed by atoms with Crippen LogP contribution < -0.4 is 10.6 Å². The second-order valence-corrected chi connectivity index (χ2v) is 9.14. The van der Waals surface area contributed by atoms with Crippen LogP contribution in [0.25, 0.3) is 0 Å². The number of amides is 1. The number of carbonyl (C=O) groups is 1. The van der Waals surface area contributed by atoms with E-state index in [4.69, 9.17) is 0 Å². The first-order valence-electron chi connectivity index (χ1n) is 9.33. The highest BCUT2D eigenvalue weighted by Crippen LogP contribution is 2.45. The maximum Gasteiger partial charge on any atom is 0.223 e. The van der Waals surface area contributed by atoms with Crippen molar-refractivity contribution in [1.82, 2.24) is 10.6 Å². The first-order valence-corrected chi connectivity index (χ1v) is 10.1. The smallest absolute Gasteiger partial charge is 0.223 e. The number of benzene rings is 1. The van der Waals surface area contributed by atoms with E-state index in [2.05, 4.69) is 48.7 Å². The summed E-state index contributed by atoms with van der Waals surface area (Å²) >= 11 is 1.97. The molecule has 0 aromatic heterocycles. The van der Waals surface area contributed by atoms with E-state index in [1.165, 1.54) is 36.1 Å². The first-order chi connectivity index (χ1) is 11.6. The average Bonchev–Trinajstić information content (AvgIpc) is 3.04. The van der Waals surface area contributed by atoms with Crippen molar-refractivity contribution in [3.8, 4) is 0 Å². The predicted octanol–water partition coefficient (Wildman–Crippen LogP) is 3.90. The second-order valence-electron chi connectivity index (χ2n) is 7.60. The van der Waals surface area contributed by atoms with Crippen molar-refractivity contribution >= 4 is 17.7 Å². The van der Waals surface area contributed by atoms with Crippen molar-refractivity contribution in [2.75, 3.05) is 13.1 Å². The molecule has 2 atom stereocenters. The first kappa shape index (κ1) is 17.8. The molecule has 132 valence electrons. The summed E-state index contributed by atoms with van der Waals surface area (Å²) in [6.07, 6.45) is 6.89. The van der Waals surface area contributed by atoms with Crippen LogP contribution in [0.4, 0.5) is 0 Å². The Hall–Kier alpha value is -1.00. The third kappa shape index (κ3) is 4.54. The molecule has 1 saturated carbocycles. The molecule has 1 aliphatic heterocycles. The molecule has 24 heavy (non-hydrogen) atoms. The molecule has 1 saturated heterocycles. The SMILES string of the molecule is Cc1ccc(SC2(CNC(=O)[C@H]3CCN[C@@H](C)C3)CCCC2)cc1. The molecular weight excluding hydrogens is 316 g/mol. The summed E-state index contributed by atoms with van der Waals surface area (Å²) in [6.45, 7) is 6.07. The number of hydrogen-bond donors (Lipinski definition) is 2. The van der Waals surface area contributed by atoms with Crippen LogP contribution in [0.2, 0.25) is 0 Å². The number of hydrogen-bond acceptors (Lipinski definition) is 3. The van der Waals surface area contributed by atoms with Crippen LogP contribution in [0.15, 0.2) is 29.2 Å². The van der Waals surface area contributed by atoms with Crippen molar-refractivity contribution in [3.63, 3.8) is 0 Å². The molecule has 2 N–H and O–H groups in total. The van der Waals surface area contributed by atoms with E-state index in [0.29, 0.717) is 6.04 Å². The molecule has 1 aliphatic carbocycles. The molecule has 1 heterocycles. The highest BCUT2D eigenvalue weighted by atomic mass is 32.2. The number of aryl methyl sites for hydroxylation is 1. The normalized spacial score (nSPS) is 26.2. The fraction of sp³-hybridized carbons (Fsp3) is 0.650. The number of piperidine rings is 1. The zero-order chi connectivity index (χ0) is 17.0. The van der Waals surface area contributed by atoms with Gasteiger partial charge in [0, 0.05) is 28.1 Å². The lowest BCUT2D eigenvalue weighted by molar-refractivity contribution is -0.126. The molecule has 1 aromatic carbocycles. The summed E-state index contributed by atoms with van der Waals surface area (Å²) < 4.78 is 0.184. The van der Waals surface area contributed by atoms with Crippen LogP contribution >= 0.6 is 11.8 Å². The van der Waals surface area contributed by atoms with Gasteiger partial charge in [-0.05, 0) is 58.2 Å². The van der Waals surface area contributed by atoms with Gasteiger partial charge in [-0.2, -0.15) is 0 Å². The Morgan fingerprint density at radius 1 is 1.29 bits per heavy atom. The van der Waals surface area contributed by atoms with Gasteiger partial charge in [-0.3, -0.25) is 4.79 Å². The van der Waals surface area contributed by atoms with Crippen LogP contribution in [0.1, 0.15) is 51.0 Å². The molecular formula is C20H30N2OS. The minimum atomic E-state index is 0.184. The van der Waals surface area contributed by atoms with Gasteiger partial charge in [-0.1, -0.05) is 30.5 Å². The third-order valence-corrected chi connectivity index (χ3v) is 6.94. The lowest BCUT2D eigenvalue weighted by atomic mass is 9.92. The summed E-state index contributed by atoms with van der Waals surface area (Å²) in [5.41, 5.74) is 1.30. The highest BCUT2D eigenvalue weighted by Gasteiger charge is 2.36. The lowest BCUT2D eigenvalue weighted by Gasteiger charge is -2.31. The van der Waals surface area contributed by atoms with Crippen LogP contribution in [-0.2, 0) is 4.79 Å². The largest absolute Gasteiger partial charge is 0.354 e. The number of thioether (sulfide) groups is 1. The van der Waals surface area contributed by atoms with E-state index < -0.39 is 0 Å². The fourth-order valence-electron chi connectivity index (χ4n) is 3.95. The van der Waals surface area contributed by atoms with Gasteiger partial charge < -0.3 is 10.6 Å². The van der Waals surface area contributed by atoms with Gasteiger partial charge in [0.1, 0.15) is 0 Å².